The van der Waals surface area contributed by atoms with E-state index in [2.05, 4.69) is 22.3 Å². The Kier molecular flexibility index (Phi) is 9.31. The third-order valence-electron chi connectivity index (χ3n) is 6.83. The fourth-order valence-electron chi connectivity index (χ4n) is 4.83. The molecule has 7 nitrogen and oxygen atoms in total. The van der Waals surface area contributed by atoms with Gasteiger partial charge >= 0.3 is 0 Å². The minimum absolute atomic E-state index is 0.0623. The van der Waals surface area contributed by atoms with Gasteiger partial charge in [0.15, 0.2) is 0 Å². The van der Waals surface area contributed by atoms with Crippen molar-refractivity contribution in [2.75, 3.05) is 45.1 Å². The van der Waals surface area contributed by atoms with Crippen molar-refractivity contribution in [3.63, 3.8) is 0 Å². The summed E-state index contributed by atoms with van der Waals surface area (Å²) in [6.45, 7) is 5.54. The molecule has 2 heterocycles. The lowest BCUT2D eigenvalue weighted by atomic mass is 9.98. The minimum atomic E-state index is -3.37. The van der Waals surface area contributed by atoms with E-state index >= 15 is 0 Å². The normalized spacial score (nSPS) is 19.9. The largest absolute Gasteiger partial charge is 0.379 e. The number of amides is 1. The first kappa shape index (κ1) is 25.8. The molecule has 0 bridgehead atoms. The van der Waals surface area contributed by atoms with Crippen molar-refractivity contribution in [1.82, 2.24) is 14.5 Å². The summed E-state index contributed by atoms with van der Waals surface area (Å²) in [6.07, 6.45) is 2.76. The Morgan fingerprint density at radius 1 is 0.971 bits per heavy atom. The lowest BCUT2D eigenvalue weighted by molar-refractivity contribution is -0.126. The summed E-state index contributed by atoms with van der Waals surface area (Å²) in [7, 11) is -3.37. The number of nitrogens with one attached hydrogen (secondary N) is 1. The molecule has 2 fully saturated rings. The Morgan fingerprint density at radius 3 is 2.51 bits per heavy atom. The summed E-state index contributed by atoms with van der Waals surface area (Å²) >= 11 is 0. The SMILES string of the molecule is O=C(NCc1cccc(CN2CCOCC2)c1)[C@@H]1CCCN(S(=O)(=O)CCCc2ccccc2)C1. The number of piperidine rings is 1. The molecule has 2 aliphatic rings. The third kappa shape index (κ3) is 7.87. The number of aryl methyl sites for hydroxylation is 1. The van der Waals surface area contributed by atoms with Crippen molar-refractivity contribution in [2.24, 2.45) is 5.92 Å². The zero-order valence-corrected chi connectivity index (χ0v) is 21.2. The number of morpholine rings is 1. The van der Waals surface area contributed by atoms with E-state index in [0.29, 0.717) is 25.9 Å². The van der Waals surface area contributed by atoms with E-state index in [1.54, 1.807) is 0 Å². The van der Waals surface area contributed by atoms with E-state index in [-0.39, 0.29) is 24.1 Å². The second-order valence-electron chi connectivity index (χ2n) is 9.53. The second-order valence-corrected chi connectivity index (χ2v) is 11.6. The van der Waals surface area contributed by atoms with Crippen molar-refractivity contribution in [3.05, 3.63) is 71.3 Å². The van der Waals surface area contributed by atoms with Crippen molar-refractivity contribution >= 4 is 15.9 Å². The second kappa shape index (κ2) is 12.6. The average Bonchev–Trinajstić information content (AvgIpc) is 2.89. The molecule has 0 aliphatic carbocycles. The molecule has 1 amide bonds. The molecule has 0 saturated carbocycles. The highest BCUT2D eigenvalue weighted by Crippen LogP contribution is 2.21. The quantitative estimate of drug-likeness (QED) is 0.544. The van der Waals surface area contributed by atoms with Gasteiger partial charge in [0.1, 0.15) is 0 Å². The zero-order valence-electron chi connectivity index (χ0n) is 20.4. The predicted molar refractivity (Wildman–Crippen MR) is 137 cm³/mol. The number of benzene rings is 2. The van der Waals surface area contributed by atoms with Gasteiger partial charge in [-0.3, -0.25) is 9.69 Å². The van der Waals surface area contributed by atoms with E-state index < -0.39 is 10.0 Å². The molecular formula is C27H37N3O4S. The summed E-state index contributed by atoms with van der Waals surface area (Å²) in [4.78, 5) is 15.3. The molecule has 0 radical (unpaired) electrons. The van der Waals surface area contributed by atoms with Gasteiger partial charge in [-0.05, 0) is 42.4 Å². The molecule has 2 aromatic carbocycles. The molecule has 4 rings (SSSR count). The molecule has 8 heteroatoms. The van der Waals surface area contributed by atoms with Crippen LogP contribution in [0.5, 0.6) is 0 Å². The van der Waals surface area contributed by atoms with Crippen molar-refractivity contribution < 1.29 is 17.9 Å². The van der Waals surface area contributed by atoms with Crippen LogP contribution in [0.15, 0.2) is 54.6 Å². The summed E-state index contributed by atoms with van der Waals surface area (Å²) in [5, 5.41) is 3.04. The summed E-state index contributed by atoms with van der Waals surface area (Å²) in [6, 6.07) is 18.2. The highest BCUT2D eigenvalue weighted by molar-refractivity contribution is 7.89. The van der Waals surface area contributed by atoms with Crippen LogP contribution in [-0.4, -0.2) is 68.7 Å². The van der Waals surface area contributed by atoms with Gasteiger partial charge in [-0.15, -0.1) is 0 Å². The molecule has 0 spiro atoms. The van der Waals surface area contributed by atoms with E-state index in [1.165, 1.54) is 9.87 Å². The van der Waals surface area contributed by atoms with Crippen molar-refractivity contribution in [2.45, 2.75) is 38.8 Å². The van der Waals surface area contributed by atoms with Crippen LogP contribution in [0.1, 0.15) is 36.0 Å². The van der Waals surface area contributed by atoms with Crippen LogP contribution < -0.4 is 5.32 Å². The summed E-state index contributed by atoms with van der Waals surface area (Å²) in [5.74, 6) is -0.247. The molecule has 1 atom stereocenters. The van der Waals surface area contributed by atoms with Crippen LogP contribution in [0.25, 0.3) is 0 Å². The number of hydrogen-bond donors (Lipinski definition) is 1. The highest BCUT2D eigenvalue weighted by Gasteiger charge is 2.32. The van der Waals surface area contributed by atoms with Gasteiger partial charge < -0.3 is 10.1 Å². The third-order valence-corrected chi connectivity index (χ3v) is 8.75. The van der Waals surface area contributed by atoms with Gasteiger partial charge in [0.05, 0.1) is 24.9 Å². The van der Waals surface area contributed by atoms with Crippen LogP contribution in [0.3, 0.4) is 0 Å². The van der Waals surface area contributed by atoms with Gasteiger partial charge in [-0.25, -0.2) is 12.7 Å². The summed E-state index contributed by atoms with van der Waals surface area (Å²) in [5.41, 5.74) is 3.43. The Hall–Kier alpha value is -2.26. The number of ether oxygens (including phenoxy) is 1. The first-order chi connectivity index (χ1) is 17.0. The highest BCUT2D eigenvalue weighted by atomic mass is 32.2. The predicted octanol–water partition coefficient (Wildman–Crippen LogP) is 2.81. The van der Waals surface area contributed by atoms with E-state index in [1.807, 2.05) is 42.5 Å². The number of nitrogens with zero attached hydrogens (tertiary/aromatic N) is 2. The number of sulfonamides is 1. The van der Waals surface area contributed by atoms with E-state index in [0.717, 1.165) is 56.8 Å². The smallest absolute Gasteiger partial charge is 0.224 e. The Morgan fingerprint density at radius 2 is 1.71 bits per heavy atom. The monoisotopic (exact) mass is 499 g/mol. The van der Waals surface area contributed by atoms with Crippen molar-refractivity contribution in [1.29, 1.82) is 0 Å². The molecular weight excluding hydrogens is 462 g/mol. The minimum Gasteiger partial charge on any atom is -0.379 e. The number of rotatable bonds is 10. The first-order valence-corrected chi connectivity index (χ1v) is 14.3. The fraction of sp³-hybridized carbons (Fsp3) is 0.519. The lowest BCUT2D eigenvalue weighted by Gasteiger charge is -2.31. The molecule has 0 unspecified atom stereocenters. The average molecular weight is 500 g/mol. The maximum Gasteiger partial charge on any atom is 0.224 e. The van der Waals surface area contributed by atoms with Crippen LogP contribution in [0.4, 0.5) is 0 Å². The van der Waals surface area contributed by atoms with Crippen LogP contribution in [0.2, 0.25) is 0 Å². The molecule has 35 heavy (non-hydrogen) atoms. The molecule has 2 aromatic rings. The van der Waals surface area contributed by atoms with Crippen LogP contribution >= 0.6 is 0 Å². The molecule has 2 aliphatic heterocycles. The number of hydrogen-bond acceptors (Lipinski definition) is 5. The molecule has 2 saturated heterocycles. The lowest BCUT2D eigenvalue weighted by Crippen LogP contribution is -2.46. The van der Waals surface area contributed by atoms with Crippen LogP contribution in [-0.2, 0) is 39.1 Å². The van der Waals surface area contributed by atoms with Gasteiger partial charge in [0.2, 0.25) is 15.9 Å². The van der Waals surface area contributed by atoms with Gasteiger partial charge in [0, 0.05) is 39.3 Å². The standard InChI is InChI=1S/C27H37N3O4S/c31-27(28-20-24-9-4-10-25(19-24)21-29-14-16-34-17-15-29)26-12-5-13-30(22-26)35(32,33)18-6-11-23-7-2-1-3-8-23/h1-4,7-10,19,26H,5-6,11-18,20-22H2,(H,28,31)/t26-/m1/s1. The number of carbonyl (C=O) groups excluding carboxylic acids is 1. The zero-order chi connectivity index (χ0) is 24.5. The Bertz CT molecular complexity index is 1060. The van der Waals surface area contributed by atoms with Gasteiger partial charge in [-0.1, -0.05) is 54.6 Å². The Balaban J connectivity index is 1.24. The van der Waals surface area contributed by atoms with Crippen molar-refractivity contribution in [3.8, 4) is 0 Å². The maximum atomic E-state index is 12.9. The Labute approximate surface area is 209 Å². The topological polar surface area (TPSA) is 79.0 Å². The maximum absolute atomic E-state index is 12.9. The van der Waals surface area contributed by atoms with E-state index in [9.17, 15) is 13.2 Å². The first-order valence-electron chi connectivity index (χ1n) is 12.7. The molecule has 190 valence electrons. The fourth-order valence-corrected chi connectivity index (χ4v) is 6.41. The van der Waals surface area contributed by atoms with Gasteiger partial charge in [-0.2, -0.15) is 0 Å². The van der Waals surface area contributed by atoms with E-state index in [4.69, 9.17) is 4.74 Å². The summed E-state index contributed by atoms with van der Waals surface area (Å²) < 4.78 is 32.8. The number of carbonyl (C=O) groups is 1. The van der Waals surface area contributed by atoms with Crippen LogP contribution in [0, 0.1) is 5.92 Å². The van der Waals surface area contributed by atoms with Gasteiger partial charge in [0.25, 0.3) is 0 Å². The molecule has 1 N–H and O–H groups in total. The molecule has 0 aromatic heterocycles.